The average molecular weight is 169 g/mol. The summed E-state index contributed by atoms with van der Waals surface area (Å²) in [7, 11) is 0. The highest BCUT2D eigenvalue weighted by Crippen LogP contribution is 2.21. The van der Waals surface area contributed by atoms with Crippen molar-refractivity contribution in [2.75, 3.05) is 0 Å². The molecule has 1 heterocycles. The number of hydrogen-bond donors (Lipinski definition) is 1. The van der Waals surface area contributed by atoms with Gasteiger partial charge in [-0.3, -0.25) is 4.79 Å². The van der Waals surface area contributed by atoms with E-state index < -0.39 is 0 Å². The van der Waals surface area contributed by atoms with Crippen molar-refractivity contribution in [2.45, 2.75) is 6.92 Å². The predicted molar refractivity (Wildman–Crippen MR) is 40.6 cm³/mol. The summed E-state index contributed by atoms with van der Waals surface area (Å²) in [5.74, 6) is 0. The van der Waals surface area contributed by atoms with Crippen molar-refractivity contribution >= 4 is 17.9 Å². The highest BCUT2D eigenvalue weighted by Gasteiger charge is 2.11. The van der Waals surface area contributed by atoms with E-state index in [4.69, 9.17) is 16.9 Å². The van der Waals surface area contributed by atoms with Crippen molar-refractivity contribution in [2.24, 2.45) is 0 Å². The number of H-pyrrole nitrogens is 1. The van der Waals surface area contributed by atoms with Crippen LogP contribution < -0.4 is 0 Å². The number of carbonyl (C=O) groups excluding carboxylic acids is 1. The third kappa shape index (κ3) is 1.13. The Kier molecular flexibility index (Phi) is 1.97. The van der Waals surface area contributed by atoms with Gasteiger partial charge in [-0.15, -0.1) is 0 Å². The minimum atomic E-state index is 0.221. The molecular weight excluding hydrogens is 164 g/mol. The second-order valence-corrected chi connectivity index (χ2v) is 2.46. The molecule has 0 aromatic carbocycles. The first-order valence-corrected chi connectivity index (χ1v) is 3.31. The Morgan fingerprint density at radius 2 is 2.36 bits per heavy atom. The van der Waals surface area contributed by atoms with Crippen molar-refractivity contribution in [3.63, 3.8) is 0 Å². The monoisotopic (exact) mass is 168 g/mol. The molecule has 0 aliphatic rings. The van der Waals surface area contributed by atoms with Gasteiger partial charge >= 0.3 is 0 Å². The van der Waals surface area contributed by atoms with E-state index in [0.29, 0.717) is 17.0 Å². The maximum absolute atomic E-state index is 10.3. The van der Waals surface area contributed by atoms with Crippen LogP contribution in [0.15, 0.2) is 0 Å². The molecule has 0 unspecified atom stereocenters. The number of carbonyl (C=O) groups is 1. The summed E-state index contributed by atoms with van der Waals surface area (Å²) >= 11 is 5.68. The zero-order chi connectivity index (χ0) is 8.43. The number of halogens is 1. The fourth-order valence-corrected chi connectivity index (χ4v) is 1.01. The largest absolute Gasteiger partial charge is 0.354 e. The van der Waals surface area contributed by atoms with E-state index in [0.717, 1.165) is 0 Å². The first kappa shape index (κ1) is 7.83. The van der Waals surface area contributed by atoms with E-state index in [1.165, 1.54) is 0 Å². The maximum atomic E-state index is 10.3. The molecule has 56 valence electrons. The Balaban J connectivity index is 3.41. The highest BCUT2D eigenvalue weighted by molar-refractivity contribution is 6.32. The zero-order valence-corrected chi connectivity index (χ0v) is 6.57. The lowest BCUT2D eigenvalue weighted by atomic mass is 10.3. The first-order chi connectivity index (χ1) is 5.20. The lowest BCUT2D eigenvalue weighted by Gasteiger charge is -1.82. The summed E-state index contributed by atoms with van der Waals surface area (Å²) in [6.07, 6.45) is 0.581. The van der Waals surface area contributed by atoms with Gasteiger partial charge in [0, 0.05) is 5.69 Å². The molecule has 1 aromatic rings. The molecule has 0 saturated carbocycles. The van der Waals surface area contributed by atoms with Crippen LogP contribution in [0.5, 0.6) is 0 Å². The standard InChI is InChI=1S/C7H5ClN2O/c1-4-7(8)5(2-9)6(3-11)10-4/h3,10H,1H3. The lowest BCUT2D eigenvalue weighted by Crippen LogP contribution is -1.82. The summed E-state index contributed by atoms with van der Waals surface area (Å²) in [4.78, 5) is 13.0. The van der Waals surface area contributed by atoms with Crippen molar-refractivity contribution < 1.29 is 4.79 Å². The van der Waals surface area contributed by atoms with Crippen LogP contribution in [-0.4, -0.2) is 11.3 Å². The van der Waals surface area contributed by atoms with Crippen LogP contribution in [0, 0.1) is 18.3 Å². The van der Waals surface area contributed by atoms with Gasteiger partial charge < -0.3 is 4.98 Å². The minimum Gasteiger partial charge on any atom is -0.354 e. The van der Waals surface area contributed by atoms with E-state index in [2.05, 4.69) is 4.98 Å². The van der Waals surface area contributed by atoms with E-state index in [1.54, 1.807) is 6.92 Å². The van der Waals surface area contributed by atoms with Crippen molar-refractivity contribution in [1.82, 2.24) is 4.98 Å². The Bertz CT molecular complexity index is 335. The van der Waals surface area contributed by atoms with Crippen LogP contribution in [0.25, 0.3) is 0 Å². The number of aromatic amines is 1. The molecule has 0 amide bonds. The fraction of sp³-hybridized carbons (Fsp3) is 0.143. The molecule has 0 atom stereocenters. The van der Waals surface area contributed by atoms with Gasteiger partial charge in [0.1, 0.15) is 6.07 Å². The summed E-state index contributed by atoms with van der Waals surface area (Å²) in [5, 5.41) is 8.86. The van der Waals surface area contributed by atoms with Gasteiger partial charge in [-0.2, -0.15) is 5.26 Å². The fourth-order valence-electron chi connectivity index (χ4n) is 0.823. The quantitative estimate of drug-likeness (QED) is 0.649. The van der Waals surface area contributed by atoms with Crippen LogP contribution in [0.2, 0.25) is 5.02 Å². The Labute approximate surface area is 68.6 Å². The molecule has 3 nitrogen and oxygen atoms in total. The summed E-state index contributed by atoms with van der Waals surface area (Å²) in [5.41, 5.74) is 1.11. The second kappa shape index (κ2) is 2.77. The van der Waals surface area contributed by atoms with E-state index in [-0.39, 0.29) is 11.3 Å². The zero-order valence-electron chi connectivity index (χ0n) is 5.81. The number of nitrogens with zero attached hydrogens (tertiary/aromatic N) is 1. The molecular formula is C7H5ClN2O. The van der Waals surface area contributed by atoms with Crippen LogP contribution in [0.3, 0.4) is 0 Å². The van der Waals surface area contributed by atoms with Crippen molar-refractivity contribution in [3.05, 3.63) is 22.0 Å². The maximum Gasteiger partial charge on any atom is 0.167 e. The van der Waals surface area contributed by atoms with E-state index in [1.807, 2.05) is 6.07 Å². The molecule has 1 aromatic heterocycles. The molecule has 0 saturated heterocycles. The Hall–Kier alpha value is -1.27. The summed E-state index contributed by atoms with van der Waals surface area (Å²) in [6.45, 7) is 1.70. The normalized spacial score (nSPS) is 9.18. The number of aromatic nitrogens is 1. The van der Waals surface area contributed by atoms with Crippen LogP contribution >= 0.6 is 11.6 Å². The number of aryl methyl sites for hydroxylation is 1. The SMILES string of the molecule is Cc1[nH]c(C=O)c(C#N)c1Cl. The van der Waals surface area contributed by atoms with Gasteiger partial charge in [0.2, 0.25) is 0 Å². The van der Waals surface area contributed by atoms with Gasteiger partial charge in [-0.05, 0) is 6.92 Å². The number of rotatable bonds is 1. The van der Waals surface area contributed by atoms with Gasteiger partial charge in [0.05, 0.1) is 16.3 Å². The molecule has 11 heavy (non-hydrogen) atoms. The molecule has 1 N–H and O–H groups in total. The number of hydrogen-bond acceptors (Lipinski definition) is 2. The minimum absolute atomic E-state index is 0.221. The van der Waals surface area contributed by atoms with Gasteiger partial charge in [0.15, 0.2) is 6.29 Å². The summed E-state index contributed by atoms with van der Waals surface area (Å²) in [6, 6.07) is 1.84. The molecule has 0 spiro atoms. The third-order valence-corrected chi connectivity index (χ3v) is 1.84. The number of nitriles is 1. The Morgan fingerprint density at radius 3 is 2.73 bits per heavy atom. The molecule has 0 radical (unpaired) electrons. The van der Waals surface area contributed by atoms with Gasteiger partial charge in [0.25, 0.3) is 0 Å². The smallest absolute Gasteiger partial charge is 0.167 e. The average Bonchev–Trinajstić information content (AvgIpc) is 2.28. The van der Waals surface area contributed by atoms with E-state index in [9.17, 15) is 4.79 Å². The van der Waals surface area contributed by atoms with Crippen LogP contribution in [0.4, 0.5) is 0 Å². The predicted octanol–water partition coefficient (Wildman–Crippen LogP) is 1.66. The number of nitrogens with one attached hydrogen (secondary N) is 1. The summed E-state index contributed by atoms with van der Waals surface area (Å²) < 4.78 is 0. The molecule has 0 aliphatic carbocycles. The topological polar surface area (TPSA) is 56.6 Å². The molecule has 0 aliphatic heterocycles. The van der Waals surface area contributed by atoms with Crippen LogP contribution in [0.1, 0.15) is 21.7 Å². The molecule has 0 fully saturated rings. The van der Waals surface area contributed by atoms with Crippen molar-refractivity contribution in [3.8, 4) is 6.07 Å². The first-order valence-electron chi connectivity index (χ1n) is 2.94. The molecule has 4 heteroatoms. The molecule has 0 bridgehead atoms. The molecule has 1 rings (SSSR count). The lowest BCUT2D eigenvalue weighted by molar-refractivity contribution is 0.111. The van der Waals surface area contributed by atoms with Crippen LogP contribution in [-0.2, 0) is 0 Å². The van der Waals surface area contributed by atoms with Gasteiger partial charge in [-0.1, -0.05) is 11.6 Å². The van der Waals surface area contributed by atoms with E-state index >= 15 is 0 Å². The number of aldehydes is 1. The second-order valence-electron chi connectivity index (χ2n) is 2.08. The van der Waals surface area contributed by atoms with Crippen molar-refractivity contribution in [1.29, 1.82) is 5.26 Å². The Morgan fingerprint density at radius 1 is 1.73 bits per heavy atom. The van der Waals surface area contributed by atoms with Gasteiger partial charge in [-0.25, -0.2) is 0 Å². The third-order valence-electron chi connectivity index (χ3n) is 1.37. The highest BCUT2D eigenvalue weighted by atomic mass is 35.5.